The van der Waals surface area contributed by atoms with Gasteiger partial charge in [0.15, 0.2) is 0 Å². The first-order chi connectivity index (χ1) is 11.0. The molecule has 0 bridgehead atoms. The van der Waals surface area contributed by atoms with Crippen LogP contribution in [0.2, 0.25) is 0 Å². The van der Waals surface area contributed by atoms with Gasteiger partial charge >= 0.3 is 0 Å². The van der Waals surface area contributed by atoms with Crippen molar-refractivity contribution in [2.24, 2.45) is 0 Å². The number of carbonyl (C=O) groups is 1. The molecule has 1 N–H and O–H groups in total. The summed E-state index contributed by atoms with van der Waals surface area (Å²) < 4.78 is 5.84. The molecule has 0 fully saturated rings. The summed E-state index contributed by atoms with van der Waals surface area (Å²) in [5.41, 5.74) is 1.75. The molecule has 0 aromatic heterocycles. The van der Waals surface area contributed by atoms with Gasteiger partial charge in [-0.05, 0) is 37.6 Å². The van der Waals surface area contributed by atoms with Crippen molar-refractivity contribution in [3.63, 3.8) is 0 Å². The molecule has 0 saturated heterocycles. The van der Waals surface area contributed by atoms with E-state index in [0.29, 0.717) is 17.9 Å². The van der Waals surface area contributed by atoms with Gasteiger partial charge in [0, 0.05) is 18.7 Å². The normalized spacial score (nSPS) is 10.6. The van der Waals surface area contributed by atoms with Crippen molar-refractivity contribution in [1.82, 2.24) is 4.90 Å². The topological polar surface area (TPSA) is 49.8 Å². The minimum atomic E-state index is -0.00448. The Hall–Kier alpha value is -2.49. The Labute approximate surface area is 137 Å². The Kier molecular flexibility index (Phi) is 5.63. The maximum absolute atomic E-state index is 12.3. The number of rotatable bonds is 6. The number of hydrogen-bond acceptors (Lipinski definition) is 3. The van der Waals surface area contributed by atoms with Crippen molar-refractivity contribution in [3.8, 4) is 11.5 Å². The van der Waals surface area contributed by atoms with E-state index in [4.69, 9.17) is 4.74 Å². The summed E-state index contributed by atoms with van der Waals surface area (Å²) in [6.07, 6.45) is 0.202. The predicted molar refractivity (Wildman–Crippen MR) is 90.5 cm³/mol. The first-order valence-corrected chi connectivity index (χ1v) is 7.71. The van der Waals surface area contributed by atoms with Gasteiger partial charge in [0.25, 0.3) is 0 Å². The number of likely N-dealkylation sites (N-methyl/N-ethyl adjacent to an activating group) is 1. The summed E-state index contributed by atoms with van der Waals surface area (Å²) in [5, 5.41) is 9.70. The molecule has 2 rings (SSSR count). The number of amides is 1. The summed E-state index contributed by atoms with van der Waals surface area (Å²) in [6, 6.07) is 14.8. The lowest BCUT2D eigenvalue weighted by Gasteiger charge is -2.22. The highest BCUT2D eigenvalue weighted by Crippen LogP contribution is 2.25. The highest BCUT2D eigenvalue weighted by atomic mass is 16.5. The van der Waals surface area contributed by atoms with E-state index in [9.17, 15) is 9.90 Å². The van der Waals surface area contributed by atoms with Gasteiger partial charge in [0.1, 0.15) is 18.1 Å². The van der Waals surface area contributed by atoms with Crippen LogP contribution in [0.3, 0.4) is 0 Å². The fourth-order valence-electron chi connectivity index (χ4n) is 2.16. The van der Waals surface area contributed by atoms with E-state index in [0.717, 1.165) is 5.56 Å². The molecule has 0 atom stereocenters. The molecular weight excluding hydrogens is 290 g/mol. The van der Waals surface area contributed by atoms with Crippen LogP contribution < -0.4 is 4.74 Å². The Bertz CT molecular complexity index is 653. The Morgan fingerprint density at radius 2 is 1.87 bits per heavy atom. The lowest BCUT2D eigenvalue weighted by atomic mass is 10.1. The zero-order valence-electron chi connectivity index (χ0n) is 13.8. The maximum atomic E-state index is 12.3. The molecule has 0 spiro atoms. The number of benzene rings is 2. The van der Waals surface area contributed by atoms with E-state index < -0.39 is 0 Å². The Balaban J connectivity index is 2.12. The molecule has 1 amide bonds. The highest BCUT2D eigenvalue weighted by Gasteiger charge is 2.16. The quantitative estimate of drug-likeness (QED) is 0.889. The van der Waals surface area contributed by atoms with Crippen LogP contribution in [0.25, 0.3) is 0 Å². The van der Waals surface area contributed by atoms with Crippen molar-refractivity contribution in [1.29, 1.82) is 0 Å². The molecule has 4 heteroatoms. The molecule has 2 aromatic carbocycles. The minimum absolute atomic E-state index is 0.00448. The molecule has 0 aliphatic carbocycles. The number of nitrogens with zero attached hydrogens (tertiary/aromatic N) is 1. The number of carbonyl (C=O) groups excluding carboxylic acids is 1. The van der Waals surface area contributed by atoms with E-state index in [1.807, 2.05) is 44.2 Å². The van der Waals surface area contributed by atoms with Crippen molar-refractivity contribution in [2.75, 3.05) is 7.05 Å². The fraction of sp³-hybridized carbons (Fsp3) is 0.316. The molecule has 0 aliphatic rings. The maximum Gasteiger partial charge on any atom is 0.227 e. The zero-order valence-corrected chi connectivity index (χ0v) is 13.8. The molecule has 0 radical (unpaired) electrons. The third kappa shape index (κ3) is 4.74. The van der Waals surface area contributed by atoms with Crippen molar-refractivity contribution >= 4 is 5.91 Å². The number of hydrogen-bond donors (Lipinski definition) is 1. The molecule has 4 nitrogen and oxygen atoms in total. The summed E-state index contributed by atoms with van der Waals surface area (Å²) in [6.45, 7) is 4.35. The second-order valence-corrected chi connectivity index (χ2v) is 5.84. The highest BCUT2D eigenvalue weighted by molar-refractivity contribution is 5.79. The largest absolute Gasteiger partial charge is 0.508 e. The first-order valence-electron chi connectivity index (χ1n) is 7.71. The van der Waals surface area contributed by atoms with Crippen LogP contribution in [0.4, 0.5) is 0 Å². The second-order valence-electron chi connectivity index (χ2n) is 5.84. The van der Waals surface area contributed by atoms with Crippen LogP contribution in [-0.2, 0) is 17.8 Å². The number of ether oxygens (including phenoxy) is 1. The first kappa shape index (κ1) is 16.9. The zero-order chi connectivity index (χ0) is 16.8. The molecule has 0 heterocycles. The van der Waals surface area contributed by atoms with E-state index in [-0.39, 0.29) is 24.1 Å². The van der Waals surface area contributed by atoms with Crippen molar-refractivity contribution in [3.05, 3.63) is 59.7 Å². The van der Waals surface area contributed by atoms with Crippen LogP contribution in [0.5, 0.6) is 11.5 Å². The van der Waals surface area contributed by atoms with Gasteiger partial charge in [-0.1, -0.05) is 30.3 Å². The Morgan fingerprint density at radius 3 is 2.52 bits per heavy atom. The number of aromatic hydroxyl groups is 1. The Morgan fingerprint density at radius 1 is 1.17 bits per heavy atom. The van der Waals surface area contributed by atoms with E-state index in [1.54, 1.807) is 30.1 Å². The molecule has 0 saturated carbocycles. The minimum Gasteiger partial charge on any atom is -0.508 e. The molecule has 23 heavy (non-hydrogen) atoms. The summed E-state index contributed by atoms with van der Waals surface area (Å²) in [5.74, 6) is 0.749. The monoisotopic (exact) mass is 313 g/mol. The third-order valence-corrected chi connectivity index (χ3v) is 3.79. The number of phenolic OH excluding ortho intramolecular Hbond substituents is 1. The smallest absolute Gasteiger partial charge is 0.227 e. The second kappa shape index (κ2) is 7.68. The van der Waals surface area contributed by atoms with Gasteiger partial charge in [-0.15, -0.1) is 0 Å². The van der Waals surface area contributed by atoms with E-state index in [2.05, 4.69) is 0 Å². The van der Waals surface area contributed by atoms with Gasteiger partial charge < -0.3 is 14.7 Å². The van der Waals surface area contributed by atoms with E-state index in [1.165, 1.54) is 0 Å². The van der Waals surface area contributed by atoms with Gasteiger partial charge in [0.05, 0.1) is 6.42 Å². The summed E-state index contributed by atoms with van der Waals surface area (Å²) >= 11 is 0. The molecular formula is C19H23NO3. The predicted octanol–water partition coefficient (Wildman–Crippen LogP) is 3.38. The average molecular weight is 313 g/mol. The van der Waals surface area contributed by atoms with E-state index >= 15 is 0 Å². The summed E-state index contributed by atoms with van der Waals surface area (Å²) in [4.78, 5) is 14.0. The molecule has 0 aliphatic heterocycles. The van der Waals surface area contributed by atoms with Gasteiger partial charge in [0.2, 0.25) is 5.91 Å². The fourth-order valence-corrected chi connectivity index (χ4v) is 2.16. The lowest BCUT2D eigenvalue weighted by Crippen LogP contribution is -2.34. The third-order valence-electron chi connectivity index (χ3n) is 3.79. The SMILES string of the molecule is CC(C)N(C)C(=O)Cc1cc(O)ccc1OCc1ccccc1. The van der Waals surface area contributed by atoms with Crippen LogP contribution in [-0.4, -0.2) is 29.0 Å². The van der Waals surface area contributed by atoms with Crippen LogP contribution in [0.15, 0.2) is 48.5 Å². The van der Waals surface area contributed by atoms with Gasteiger partial charge in [-0.25, -0.2) is 0 Å². The number of phenols is 1. The molecule has 2 aromatic rings. The van der Waals surface area contributed by atoms with Crippen LogP contribution in [0.1, 0.15) is 25.0 Å². The van der Waals surface area contributed by atoms with Crippen LogP contribution in [0, 0.1) is 0 Å². The standard InChI is InChI=1S/C19H23NO3/c1-14(2)20(3)19(22)12-16-11-17(21)9-10-18(16)23-13-15-7-5-4-6-8-15/h4-11,14,21H,12-13H2,1-3H3. The van der Waals surface area contributed by atoms with Gasteiger partial charge in [-0.2, -0.15) is 0 Å². The molecule has 0 unspecified atom stereocenters. The lowest BCUT2D eigenvalue weighted by molar-refractivity contribution is -0.130. The van der Waals surface area contributed by atoms with Crippen molar-refractivity contribution in [2.45, 2.75) is 32.9 Å². The van der Waals surface area contributed by atoms with Crippen molar-refractivity contribution < 1.29 is 14.6 Å². The average Bonchev–Trinajstić information content (AvgIpc) is 2.54. The van der Waals surface area contributed by atoms with Gasteiger partial charge in [-0.3, -0.25) is 4.79 Å². The summed E-state index contributed by atoms with van der Waals surface area (Å²) in [7, 11) is 1.78. The molecule has 122 valence electrons. The van der Waals surface area contributed by atoms with Crippen LogP contribution >= 0.6 is 0 Å².